The monoisotopic (exact) mass is 691 g/mol. The number of aromatic nitrogens is 3. The molecule has 3 fully saturated rings. The summed E-state index contributed by atoms with van der Waals surface area (Å²) in [5.74, 6) is -2.40. The van der Waals surface area contributed by atoms with Crippen LogP contribution in [-0.4, -0.2) is 87.7 Å². The van der Waals surface area contributed by atoms with E-state index in [1.807, 2.05) is 4.90 Å². The molecule has 3 aliphatic heterocycles. The third-order valence-corrected chi connectivity index (χ3v) is 10.5. The third kappa shape index (κ3) is 5.29. The van der Waals surface area contributed by atoms with Crippen LogP contribution in [0.15, 0.2) is 30.9 Å². The Morgan fingerprint density at radius 3 is 2.69 bits per heavy atom. The van der Waals surface area contributed by atoms with Crippen LogP contribution in [0.5, 0.6) is 6.01 Å². The predicted octanol–water partition coefficient (Wildman–Crippen LogP) is 5.96. The quantitative estimate of drug-likeness (QED) is 0.179. The Kier molecular flexibility index (Phi) is 7.93. The van der Waals surface area contributed by atoms with Crippen LogP contribution in [0.1, 0.15) is 31.7 Å². The Morgan fingerprint density at radius 1 is 1.21 bits per heavy atom. The van der Waals surface area contributed by atoms with Gasteiger partial charge < -0.3 is 20.3 Å². The van der Waals surface area contributed by atoms with Crippen molar-refractivity contribution in [2.75, 3.05) is 50.0 Å². The van der Waals surface area contributed by atoms with Gasteiger partial charge in [-0.15, -0.1) is 0 Å². The number of likely N-dealkylation sites (tertiary alicyclic amines) is 1. The SMILES string of the molecule is C=CC(=O)N1CC(N(CC)c2nc(OCC34CCCN3CC(F)C4)nc3c(F)c(-c4ccc(F)c5sc(N)nc45)c(C(F)(F)F)cc23)C1. The number of likely N-dealkylation sites (N-methyl/N-ethyl adjacent to an activating group) is 1. The first-order valence-electron chi connectivity index (χ1n) is 15.5. The topological polar surface area (TPSA) is 101 Å². The number of fused-ring (bicyclic) bond motifs is 3. The number of alkyl halides is 4. The molecule has 0 saturated carbocycles. The van der Waals surface area contributed by atoms with E-state index in [1.54, 1.807) is 11.8 Å². The number of amides is 1. The molecule has 3 aliphatic rings. The molecule has 2 atom stereocenters. The van der Waals surface area contributed by atoms with Gasteiger partial charge in [-0.05, 0) is 50.6 Å². The molecule has 254 valence electrons. The maximum Gasteiger partial charge on any atom is 0.417 e. The number of hydrogen-bond donors (Lipinski definition) is 1. The van der Waals surface area contributed by atoms with Gasteiger partial charge >= 0.3 is 12.2 Å². The second-order valence-corrected chi connectivity index (χ2v) is 13.4. The number of halogens is 6. The Morgan fingerprint density at radius 2 is 1.98 bits per heavy atom. The molecule has 0 radical (unpaired) electrons. The fraction of sp³-hybridized carbons (Fsp3) is 0.438. The van der Waals surface area contributed by atoms with Gasteiger partial charge in [-0.2, -0.15) is 23.1 Å². The normalized spacial score (nSPS) is 21.6. The molecule has 3 saturated heterocycles. The van der Waals surface area contributed by atoms with Crippen LogP contribution in [-0.2, 0) is 11.0 Å². The van der Waals surface area contributed by atoms with Gasteiger partial charge in [-0.25, -0.2) is 18.2 Å². The molecule has 5 heterocycles. The first kappa shape index (κ1) is 32.4. The molecule has 0 bridgehead atoms. The number of nitrogen functional groups attached to an aromatic ring is 1. The van der Waals surface area contributed by atoms with E-state index < -0.39 is 46.2 Å². The van der Waals surface area contributed by atoms with Gasteiger partial charge in [0, 0.05) is 49.1 Å². The van der Waals surface area contributed by atoms with Crippen molar-refractivity contribution in [1.29, 1.82) is 0 Å². The zero-order valence-electron chi connectivity index (χ0n) is 25.8. The number of benzene rings is 2. The highest BCUT2D eigenvalue weighted by molar-refractivity contribution is 7.22. The number of carbonyl (C=O) groups excluding carboxylic acids is 1. The second kappa shape index (κ2) is 11.8. The van der Waals surface area contributed by atoms with Crippen LogP contribution in [0.3, 0.4) is 0 Å². The molecule has 0 spiro atoms. The maximum atomic E-state index is 16.9. The summed E-state index contributed by atoms with van der Waals surface area (Å²) < 4.78 is 96.5. The van der Waals surface area contributed by atoms with Crippen LogP contribution in [0, 0.1) is 11.6 Å². The average molecular weight is 692 g/mol. The molecule has 16 heteroatoms. The smallest absolute Gasteiger partial charge is 0.417 e. The van der Waals surface area contributed by atoms with Crippen molar-refractivity contribution in [2.45, 2.75) is 50.1 Å². The summed E-state index contributed by atoms with van der Waals surface area (Å²) in [6.07, 6.45) is -3.16. The lowest BCUT2D eigenvalue weighted by molar-refractivity contribution is -0.137. The zero-order chi connectivity index (χ0) is 34.1. The van der Waals surface area contributed by atoms with Gasteiger partial charge in [0.1, 0.15) is 29.9 Å². The van der Waals surface area contributed by atoms with Crippen LogP contribution in [0.25, 0.3) is 32.2 Å². The van der Waals surface area contributed by atoms with Crippen LogP contribution in [0.4, 0.5) is 37.3 Å². The molecule has 9 nitrogen and oxygen atoms in total. The fourth-order valence-corrected chi connectivity index (χ4v) is 8.11. The van der Waals surface area contributed by atoms with E-state index in [9.17, 15) is 26.7 Å². The van der Waals surface area contributed by atoms with Crippen LogP contribution >= 0.6 is 11.3 Å². The first-order chi connectivity index (χ1) is 22.8. The van der Waals surface area contributed by atoms with Crippen LogP contribution < -0.4 is 15.4 Å². The minimum absolute atomic E-state index is 0.00132. The molecule has 7 rings (SSSR count). The maximum absolute atomic E-state index is 16.9. The summed E-state index contributed by atoms with van der Waals surface area (Å²) in [4.78, 5) is 30.3. The molecule has 2 N–H and O–H groups in total. The Hall–Kier alpha value is -4.18. The summed E-state index contributed by atoms with van der Waals surface area (Å²) in [7, 11) is 0. The van der Waals surface area contributed by atoms with E-state index in [2.05, 4.69) is 21.5 Å². The average Bonchev–Trinajstić information content (AvgIpc) is 3.69. The molecule has 0 aliphatic carbocycles. The number of thiazole rings is 1. The molecular formula is C32H31F6N7O2S. The van der Waals surface area contributed by atoms with E-state index in [0.29, 0.717) is 13.0 Å². The number of anilines is 2. The highest BCUT2D eigenvalue weighted by Gasteiger charge is 2.49. The number of rotatable bonds is 8. The van der Waals surface area contributed by atoms with Gasteiger partial charge in [-0.3, -0.25) is 9.69 Å². The Balaban J connectivity index is 1.41. The highest BCUT2D eigenvalue weighted by Crippen LogP contribution is 2.47. The second-order valence-electron chi connectivity index (χ2n) is 12.4. The fourth-order valence-electron chi connectivity index (χ4n) is 7.35. The summed E-state index contributed by atoms with van der Waals surface area (Å²) >= 11 is 0.735. The largest absolute Gasteiger partial charge is 0.461 e. The van der Waals surface area contributed by atoms with Gasteiger partial charge in [0.15, 0.2) is 10.9 Å². The minimum atomic E-state index is -5.06. The van der Waals surface area contributed by atoms with Gasteiger partial charge in [0.2, 0.25) is 5.91 Å². The van der Waals surface area contributed by atoms with Crippen molar-refractivity contribution in [1.82, 2.24) is 24.8 Å². The van der Waals surface area contributed by atoms with E-state index in [4.69, 9.17) is 10.5 Å². The zero-order valence-corrected chi connectivity index (χ0v) is 26.6. The van der Waals surface area contributed by atoms with Crippen LogP contribution in [0.2, 0.25) is 0 Å². The summed E-state index contributed by atoms with van der Waals surface area (Å²) in [5.41, 5.74) is 2.01. The van der Waals surface area contributed by atoms with Crippen molar-refractivity contribution in [2.24, 2.45) is 0 Å². The molecule has 4 aromatic rings. The molecule has 2 unspecified atom stereocenters. The van der Waals surface area contributed by atoms with Gasteiger partial charge in [0.25, 0.3) is 0 Å². The lowest BCUT2D eigenvalue weighted by atomic mass is 9.94. The molecule has 2 aromatic heterocycles. The molecule has 1 amide bonds. The van der Waals surface area contributed by atoms with Crippen molar-refractivity contribution >= 4 is 49.3 Å². The standard InChI is InChI=1S/C32H31F6N7O2S/c1-3-22(46)43-13-17(14-43)45(4-2)28-19-10-20(32(36,37)38)23(18-6-7-21(34)27-26(18)40-29(39)48-27)24(35)25(19)41-30(42-28)47-15-31-8-5-9-44(31)12-16(33)11-31/h3,6-7,10,16-17H,1,4-5,8-9,11-15H2,2H3,(H2,39,40). The van der Waals surface area contributed by atoms with E-state index in [1.165, 1.54) is 11.0 Å². The third-order valence-electron chi connectivity index (χ3n) is 9.61. The lowest BCUT2D eigenvalue weighted by Gasteiger charge is -2.45. The Bertz CT molecular complexity index is 1950. The number of nitrogens with zero attached hydrogens (tertiary/aromatic N) is 6. The lowest BCUT2D eigenvalue weighted by Crippen LogP contribution is -2.61. The highest BCUT2D eigenvalue weighted by atomic mass is 32.1. The van der Waals surface area contributed by atoms with Crippen molar-refractivity contribution in [3.05, 3.63) is 48.1 Å². The Labute approximate surface area is 275 Å². The molecule has 48 heavy (non-hydrogen) atoms. The number of nitrogens with two attached hydrogens (primary N) is 1. The van der Waals surface area contributed by atoms with Gasteiger partial charge in [0.05, 0.1) is 27.4 Å². The molecule has 2 aromatic carbocycles. The first-order valence-corrected chi connectivity index (χ1v) is 16.3. The molecular weight excluding hydrogens is 660 g/mol. The number of hydrogen-bond acceptors (Lipinski definition) is 9. The summed E-state index contributed by atoms with van der Waals surface area (Å²) in [6, 6.07) is 2.12. The summed E-state index contributed by atoms with van der Waals surface area (Å²) in [5, 5.41) is -0.329. The van der Waals surface area contributed by atoms with E-state index in [0.717, 1.165) is 36.0 Å². The minimum Gasteiger partial charge on any atom is -0.461 e. The van der Waals surface area contributed by atoms with E-state index in [-0.39, 0.29) is 89.3 Å². The van der Waals surface area contributed by atoms with Crippen molar-refractivity contribution in [3.8, 4) is 17.1 Å². The van der Waals surface area contributed by atoms with Crippen molar-refractivity contribution in [3.63, 3.8) is 0 Å². The summed E-state index contributed by atoms with van der Waals surface area (Å²) in [6.45, 7) is 6.95. The van der Waals surface area contributed by atoms with Crippen molar-refractivity contribution < 1.29 is 35.9 Å². The predicted molar refractivity (Wildman–Crippen MR) is 170 cm³/mol. The van der Waals surface area contributed by atoms with Gasteiger partial charge in [-0.1, -0.05) is 17.9 Å². The number of carbonyl (C=O) groups is 1. The number of ether oxygens (including phenoxy) is 1. The van der Waals surface area contributed by atoms with E-state index >= 15 is 4.39 Å².